The molecule has 3 aromatic rings. The van der Waals surface area contributed by atoms with E-state index in [-0.39, 0.29) is 11.5 Å². The molecule has 150 valence electrons. The van der Waals surface area contributed by atoms with Crippen LogP contribution in [0.25, 0.3) is 10.1 Å². The minimum Gasteiger partial charge on any atom is -0.451 e. The number of carbonyl (C=O) groups is 2. The number of thiophene rings is 1. The number of anilines is 1. The van der Waals surface area contributed by atoms with Crippen LogP contribution in [0, 0.1) is 5.82 Å². The summed E-state index contributed by atoms with van der Waals surface area (Å²) in [5, 5.41) is 3.11. The van der Waals surface area contributed by atoms with Crippen LogP contribution in [0.15, 0.2) is 36.4 Å². The van der Waals surface area contributed by atoms with Crippen molar-refractivity contribution in [2.45, 2.75) is 25.9 Å². The van der Waals surface area contributed by atoms with E-state index in [0.717, 1.165) is 30.6 Å². The number of benzene rings is 2. The summed E-state index contributed by atoms with van der Waals surface area (Å²) in [6, 6.07) is 10.5. The van der Waals surface area contributed by atoms with E-state index in [1.165, 1.54) is 24.3 Å². The molecule has 0 spiro atoms. The average Bonchev–Trinajstić information content (AvgIpc) is 3.31. The molecule has 0 saturated heterocycles. The Morgan fingerprint density at radius 3 is 2.83 bits per heavy atom. The van der Waals surface area contributed by atoms with Crippen molar-refractivity contribution in [2.75, 3.05) is 19.0 Å². The lowest BCUT2D eigenvalue weighted by Crippen LogP contribution is -2.21. The Morgan fingerprint density at radius 1 is 1.17 bits per heavy atom. The molecular formula is C22H20FNO4S. The van der Waals surface area contributed by atoms with Gasteiger partial charge in [-0.1, -0.05) is 12.1 Å². The van der Waals surface area contributed by atoms with Crippen LogP contribution in [0.5, 0.6) is 0 Å². The lowest BCUT2D eigenvalue weighted by atomic mass is 10.1. The molecule has 0 aliphatic heterocycles. The summed E-state index contributed by atoms with van der Waals surface area (Å²) in [6.07, 6.45) is 3.21. The van der Waals surface area contributed by atoms with Gasteiger partial charge in [-0.05, 0) is 54.7 Å². The van der Waals surface area contributed by atoms with Crippen molar-refractivity contribution in [1.29, 1.82) is 0 Å². The molecule has 1 aromatic heterocycles. The minimum atomic E-state index is -0.665. The lowest BCUT2D eigenvalue weighted by molar-refractivity contribution is -0.119. The van der Waals surface area contributed by atoms with Crippen LogP contribution < -0.4 is 5.32 Å². The summed E-state index contributed by atoms with van der Waals surface area (Å²) in [5.74, 6) is -1.50. The Morgan fingerprint density at radius 2 is 2.00 bits per heavy atom. The maximum Gasteiger partial charge on any atom is 0.349 e. The molecule has 1 amide bonds. The number of fused-ring (bicyclic) bond motifs is 2. The molecule has 1 heterocycles. The number of amides is 1. The first-order chi connectivity index (χ1) is 14.1. The van der Waals surface area contributed by atoms with E-state index in [0.29, 0.717) is 21.3 Å². The van der Waals surface area contributed by atoms with Crippen LogP contribution in [0.2, 0.25) is 0 Å². The Kier molecular flexibility index (Phi) is 5.60. The molecule has 7 heteroatoms. The number of halogens is 1. The molecule has 1 N–H and O–H groups in total. The number of carbonyl (C=O) groups excluding carboxylic acids is 2. The normalized spacial score (nSPS) is 12.8. The number of hydrogen-bond donors (Lipinski definition) is 1. The fourth-order valence-corrected chi connectivity index (χ4v) is 4.77. The summed E-state index contributed by atoms with van der Waals surface area (Å²) in [7, 11) is 1.48. The van der Waals surface area contributed by atoms with Gasteiger partial charge < -0.3 is 14.8 Å². The number of nitrogens with one attached hydrogen (secondary N) is 1. The largest absolute Gasteiger partial charge is 0.451 e. The van der Waals surface area contributed by atoms with Crippen molar-refractivity contribution in [3.8, 4) is 0 Å². The number of rotatable bonds is 6. The number of methoxy groups -OCH3 is 1. The first-order valence-corrected chi connectivity index (χ1v) is 10.2. The quantitative estimate of drug-likeness (QED) is 0.606. The number of ether oxygens (including phenoxy) is 2. The van der Waals surface area contributed by atoms with Crippen molar-refractivity contribution >= 4 is 39.0 Å². The highest BCUT2D eigenvalue weighted by molar-refractivity contribution is 7.21. The third-order valence-corrected chi connectivity index (χ3v) is 6.13. The first-order valence-electron chi connectivity index (χ1n) is 9.34. The third kappa shape index (κ3) is 4.02. The monoisotopic (exact) mass is 413 g/mol. The van der Waals surface area contributed by atoms with Crippen molar-refractivity contribution in [1.82, 2.24) is 0 Å². The summed E-state index contributed by atoms with van der Waals surface area (Å²) in [6.45, 7) is -0.342. The zero-order valence-corrected chi connectivity index (χ0v) is 16.7. The first kappa shape index (κ1) is 19.5. The van der Waals surface area contributed by atoms with Gasteiger partial charge in [0.05, 0.1) is 6.61 Å². The molecule has 4 rings (SSSR count). The van der Waals surface area contributed by atoms with Crippen LogP contribution >= 0.6 is 11.3 Å². The second-order valence-electron chi connectivity index (χ2n) is 6.92. The third-order valence-electron chi connectivity index (χ3n) is 4.95. The fourth-order valence-electron chi connectivity index (χ4n) is 3.66. The molecule has 0 bridgehead atoms. The second-order valence-corrected chi connectivity index (χ2v) is 7.97. The maximum absolute atomic E-state index is 14.2. The molecule has 0 radical (unpaired) electrons. The summed E-state index contributed by atoms with van der Waals surface area (Å²) < 4.78 is 25.2. The van der Waals surface area contributed by atoms with E-state index in [9.17, 15) is 14.0 Å². The topological polar surface area (TPSA) is 64.6 Å². The summed E-state index contributed by atoms with van der Waals surface area (Å²) in [4.78, 5) is 25.0. The van der Waals surface area contributed by atoms with Gasteiger partial charge in [0.25, 0.3) is 5.91 Å². The van der Waals surface area contributed by atoms with E-state index >= 15 is 0 Å². The molecule has 2 aromatic carbocycles. The predicted molar refractivity (Wildman–Crippen MR) is 110 cm³/mol. The Balaban J connectivity index is 1.45. The fraction of sp³-hybridized carbons (Fsp3) is 0.273. The van der Waals surface area contributed by atoms with E-state index in [2.05, 4.69) is 5.32 Å². The highest BCUT2D eigenvalue weighted by Crippen LogP contribution is 2.34. The standard InChI is InChI=1S/C22H20FNO4S/c1-27-11-16-20-17(23)6-3-7-18(20)29-21(16)22(26)28-12-19(25)24-15-9-8-13-4-2-5-14(13)10-15/h3,6-10H,2,4-5,11-12H2,1H3,(H,24,25). The van der Waals surface area contributed by atoms with Gasteiger partial charge in [-0.25, -0.2) is 9.18 Å². The second kappa shape index (κ2) is 8.31. The molecular weight excluding hydrogens is 393 g/mol. The van der Waals surface area contributed by atoms with Crippen LogP contribution in [0.1, 0.15) is 32.8 Å². The van der Waals surface area contributed by atoms with Gasteiger partial charge in [0.15, 0.2) is 6.61 Å². The summed E-state index contributed by atoms with van der Waals surface area (Å²) in [5.41, 5.74) is 3.69. The molecule has 5 nitrogen and oxygen atoms in total. The molecule has 29 heavy (non-hydrogen) atoms. The van der Waals surface area contributed by atoms with E-state index in [1.807, 2.05) is 18.2 Å². The van der Waals surface area contributed by atoms with Gasteiger partial charge >= 0.3 is 5.97 Å². The van der Waals surface area contributed by atoms with Crippen LogP contribution in [0.4, 0.5) is 10.1 Å². The molecule has 1 aliphatic carbocycles. The van der Waals surface area contributed by atoms with Crippen LogP contribution in [-0.4, -0.2) is 25.6 Å². The molecule has 1 aliphatic rings. The van der Waals surface area contributed by atoms with Gasteiger partial charge in [0.1, 0.15) is 10.7 Å². The van der Waals surface area contributed by atoms with E-state index in [4.69, 9.17) is 9.47 Å². The van der Waals surface area contributed by atoms with Crippen molar-refractivity contribution < 1.29 is 23.5 Å². The van der Waals surface area contributed by atoms with Crippen molar-refractivity contribution in [3.63, 3.8) is 0 Å². The summed E-state index contributed by atoms with van der Waals surface area (Å²) >= 11 is 1.13. The number of aryl methyl sites for hydroxylation is 2. The highest BCUT2D eigenvalue weighted by atomic mass is 32.1. The SMILES string of the molecule is COCc1c(C(=O)OCC(=O)Nc2ccc3c(c2)CCC3)sc2cccc(F)c12. The zero-order valence-electron chi connectivity index (χ0n) is 15.9. The average molecular weight is 413 g/mol. The number of hydrogen-bond acceptors (Lipinski definition) is 5. The smallest absolute Gasteiger partial charge is 0.349 e. The van der Waals surface area contributed by atoms with Gasteiger partial charge in [-0.2, -0.15) is 0 Å². The van der Waals surface area contributed by atoms with Crippen molar-refractivity contribution in [3.05, 3.63) is 63.8 Å². The van der Waals surface area contributed by atoms with Crippen LogP contribution in [-0.2, 0) is 33.7 Å². The number of esters is 1. The Hall–Kier alpha value is -2.77. The highest BCUT2D eigenvalue weighted by Gasteiger charge is 2.22. The molecule has 0 unspecified atom stereocenters. The molecule has 0 atom stereocenters. The predicted octanol–water partition coefficient (Wildman–Crippen LogP) is 4.47. The Labute approximate surface area is 171 Å². The lowest BCUT2D eigenvalue weighted by Gasteiger charge is -2.08. The van der Waals surface area contributed by atoms with Crippen molar-refractivity contribution in [2.24, 2.45) is 0 Å². The minimum absolute atomic E-state index is 0.0761. The maximum atomic E-state index is 14.2. The van der Waals surface area contributed by atoms with Gasteiger partial charge in [0.2, 0.25) is 0 Å². The Bertz CT molecular complexity index is 1090. The van der Waals surface area contributed by atoms with Crippen LogP contribution in [0.3, 0.4) is 0 Å². The van der Waals surface area contributed by atoms with E-state index in [1.54, 1.807) is 12.1 Å². The molecule has 0 fully saturated rings. The van der Waals surface area contributed by atoms with E-state index < -0.39 is 24.3 Å². The van der Waals surface area contributed by atoms with Gasteiger partial charge in [0, 0.05) is 28.4 Å². The van der Waals surface area contributed by atoms with Gasteiger partial charge in [-0.3, -0.25) is 4.79 Å². The molecule has 0 saturated carbocycles. The zero-order chi connectivity index (χ0) is 20.4. The van der Waals surface area contributed by atoms with Gasteiger partial charge in [-0.15, -0.1) is 11.3 Å².